The van der Waals surface area contributed by atoms with Gasteiger partial charge in [-0.25, -0.2) is 0 Å². The van der Waals surface area contributed by atoms with Gasteiger partial charge in [-0.1, -0.05) is 0 Å². The predicted octanol–water partition coefficient (Wildman–Crippen LogP) is 1.37. The number of amides is 1. The van der Waals surface area contributed by atoms with Gasteiger partial charge in [0, 0.05) is 18.7 Å². The van der Waals surface area contributed by atoms with Crippen molar-refractivity contribution in [1.82, 2.24) is 9.47 Å². The first kappa shape index (κ1) is 15.0. The third-order valence-corrected chi connectivity index (χ3v) is 3.42. The molecular weight excluding hydrogens is 278 g/mol. The lowest BCUT2D eigenvalue weighted by Crippen LogP contribution is -2.37. The van der Waals surface area contributed by atoms with Crippen molar-refractivity contribution < 1.29 is 19.2 Å². The van der Waals surface area contributed by atoms with Crippen molar-refractivity contribution in [1.29, 1.82) is 0 Å². The van der Waals surface area contributed by atoms with E-state index in [1.807, 2.05) is 0 Å². The van der Waals surface area contributed by atoms with Crippen LogP contribution in [-0.4, -0.2) is 46.5 Å². The first-order chi connectivity index (χ1) is 9.97. The van der Waals surface area contributed by atoms with E-state index in [0.29, 0.717) is 6.54 Å². The number of carbonyl (C=O) groups is 2. The SMILES string of the molecule is CCN(CC(=O)OC)C(=O)c1cc([N+](=O)[O-])cn1C1CC1. The van der Waals surface area contributed by atoms with Crippen molar-refractivity contribution in [2.75, 3.05) is 20.2 Å². The summed E-state index contributed by atoms with van der Waals surface area (Å²) < 4.78 is 6.19. The Morgan fingerprint density at radius 2 is 2.19 bits per heavy atom. The highest BCUT2D eigenvalue weighted by molar-refractivity contribution is 5.95. The molecule has 1 aliphatic carbocycles. The molecule has 1 amide bonds. The fraction of sp³-hybridized carbons (Fsp3) is 0.538. The molecule has 1 aliphatic rings. The minimum absolute atomic E-state index is 0.112. The van der Waals surface area contributed by atoms with Crippen LogP contribution >= 0.6 is 0 Å². The first-order valence-corrected chi connectivity index (χ1v) is 6.70. The fourth-order valence-electron chi connectivity index (χ4n) is 2.10. The zero-order chi connectivity index (χ0) is 15.6. The maximum absolute atomic E-state index is 12.5. The summed E-state index contributed by atoms with van der Waals surface area (Å²) in [6.45, 7) is 1.88. The van der Waals surface area contributed by atoms with Gasteiger partial charge in [-0.3, -0.25) is 19.7 Å². The monoisotopic (exact) mass is 295 g/mol. The van der Waals surface area contributed by atoms with Crippen LogP contribution < -0.4 is 0 Å². The molecule has 1 heterocycles. The topological polar surface area (TPSA) is 94.7 Å². The van der Waals surface area contributed by atoms with Gasteiger partial charge in [0.15, 0.2) is 0 Å². The van der Waals surface area contributed by atoms with Crippen molar-refractivity contribution in [3.8, 4) is 0 Å². The zero-order valence-corrected chi connectivity index (χ0v) is 11.9. The second-order valence-electron chi connectivity index (χ2n) is 4.87. The number of carbonyl (C=O) groups excluding carboxylic acids is 2. The highest BCUT2D eigenvalue weighted by Gasteiger charge is 2.32. The maximum Gasteiger partial charge on any atom is 0.325 e. The van der Waals surface area contributed by atoms with Gasteiger partial charge in [0.25, 0.3) is 11.6 Å². The molecule has 0 bridgehead atoms. The summed E-state index contributed by atoms with van der Waals surface area (Å²) in [5.41, 5.74) is 0.134. The molecule has 0 saturated heterocycles. The molecule has 1 aromatic heterocycles. The van der Waals surface area contributed by atoms with Crippen molar-refractivity contribution in [2.24, 2.45) is 0 Å². The lowest BCUT2D eigenvalue weighted by molar-refractivity contribution is -0.384. The van der Waals surface area contributed by atoms with Crippen molar-refractivity contribution >= 4 is 17.6 Å². The van der Waals surface area contributed by atoms with Crippen LogP contribution in [0, 0.1) is 10.1 Å². The summed E-state index contributed by atoms with van der Waals surface area (Å²) in [6, 6.07) is 1.40. The van der Waals surface area contributed by atoms with Crippen LogP contribution in [0.15, 0.2) is 12.3 Å². The van der Waals surface area contributed by atoms with E-state index in [0.717, 1.165) is 12.8 Å². The summed E-state index contributed by atoms with van der Waals surface area (Å²) in [7, 11) is 1.25. The Bertz CT molecular complexity index is 576. The number of hydrogen-bond acceptors (Lipinski definition) is 5. The number of likely N-dealkylation sites (N-methyl/N-ethyl adjacent to an activating group) is 1. The second-order valence-corrected chi connectivity index (χ2v) is 4.87. The lowest BCUT2D eigenvalue weighted by atomic mass is 10.3. The molecule has 1 fully saturated rings. The molecular formula is C13H17N3O5. The smallest absolute Gasteiger partial charge is 0.325 e. The summed E-state index contributed by atoms with van der Waals surface area (Å²) >= 11 is 0. The molecule has 8 heteroatoms. The Balaban J connectivity index is 2.28. The van der Waals surface area contributed by atoms with E-state index < -0.39 is 16.8 Å². The number of rotatable bonds is 6. The molecule has 8 nitrogen and oxygen atoms in total. The van der Waals surface area contributed by atoms with E-state index in [9.17, 15) is 19.7 Å². The fourth-order valence-corrected chi connectivity index (χ4v) is 2.10. The number of nitro groups is 1. The number of esters is 1. The molecule has 0 aliphatic heterocycles. The van der Waals surface area contributed by atoms with Gasteiger partial charge < -0.3 is 14.2 Å². The third-order valence-electron chi connectivity index (χ3n) is 3.42. The van der Waals surface area contributed by atoms with Crippen LogP contribution in [0.25, 0.3) is 0 Å². The van der Waals surface area contributed by atoms with Gasteiger partial charge >= 0.3 is 5.97 Å². The van der Waals surface area contributed by atoms with Crippen LogP contribution in [0.2, 0.25) is 0 Å². The Morgan fingerprint density at radius 1 is 1.52 bits per heavy atom. The summed E-state index contributed by atoms with van der Waals surface area (Å²) in [4.78, 5) is 35.5. The highest BCUT2D eigenvalue weighted by atomic mass is 16.6. The van der Waals surface area contributed by atoms with Crippen LogP contribution in [0.4, 0.5) is 5.69 Å². The zero-order valence-electron chi connectivity index (χ0n) is 11.9. The molecule has 0 spiro atoms. The van der Waals surface area contributed by atoms with E-state index in [1.54, 1.807) is 11.5 Å². The predicted molar refractivity (Wildman–Crippen MR) is 73.0 cm³/mol. The largest absolute Gasteiger partial charge is 0.468 e. The average molecular weight is 295 g/mol. The van der Waals surface area contributed by atoms with E-state index in [2.05, 4.69) is 4.74 Å². The normalized spacial score (nSPS) is 13.8. The van der Waals surface area contributed by atoms with Crippen LogP contribution in [0.5, 0.6) is 0 Å². The molecule has 0 radical (unpaired) electrons. The Kier molecular flexibility index (Phi) is 4.25. The number of aromatic nitrogens is 1. The van der Waals surface area contributed by atoms with Crippen molar-refractivity contribution in [2.45, 2.75) is 25.8 Å². The summed E-state index contributed by atoms with van der Waals surface area (Å²) in [5, 5.41) is 10.9. The molecule has 1 aromatic rings. The molecule has 114 valence electrons. The van der Waals surface area contributed by atoms with Gasteiger partial charge in [-0.15, -0.1) is 0 Å². The van der Waals surface area contributed by atoms with Crippen molar-refractivity contribution in [3.63, 3.8) is 0 Å². The third kappa shape index (κ3) is 3.21. The molecule has 2 rings (SSSR count). The van der Waals surface area contributed by atoms with Gasteiger partial charge in [0.1, 0.15) is 12.2 Å². The Hall–Kier alpha value is -2.38. The molecule has 0 aromatic carbocycles. The Labute approximate surface area is 121 Å². The van der Waals surface area contributed by atoms with E-state index in [1.165, 1.54) is 24.3 Å². The number of hydrogen-bond donors (Lipinski definition) is 0. The van der Waals surface area contributed by atoms with Gasteiger partial charge in [-0.2, -0.15) is 0 Å². The number of nitrogens with zero attached hydrogens (tertiary/aromatic N) is 3. The van der Waals surface area contributed by atoms with Gasteiger partial charge in [0.05, 0.1) is 18.2 Å². The number of ether oxygens (including phenoxy) is 1. The van der Waals surface area contributed by atoms with Crippen LogP contribution in [-0.2, 0) is 9.53 Å². The van der Waals surface area contributed by atoms with E-state index in [4.69, 9.17) is 0 Å². The molecule has 0 N–H and O–H groups in total. The van der Waals surface area contributed by atoms with Crippen molar-refractivity contribution in [3.05, 3.63) is 28.1 Å². The average Bonchev–Trinajstić information content (AvgIpc) is 3.21. The van der Waals surface area contributed by atoms with Gasteiger partial charge in [-0.05, 0) is 19.8 Å². The summed E-state index contributed by atoms with van der Waals surface area (Å²) in [6.07, 6.45) is 3.18. The quantitative estimate of drug-likeness (QED) is 0.448. The molecule has 1 saturated carbocycles. The second kappa shape index (κ2) is 5.94. The van der Waals surface area contributed by atoms with Gasteiger partial charge in [0.2, 0.25) is 0 Å². The standard InChI is InChI=1S/C13H17N3O5/c1-3-14(8-12(17)21-2)13(18)11-6-10(16(19)20)7-15(11)9-4-5-9/h6-7,9H,3-5,8H2,1-2H3. The Morgan fingerprint density at radius 3 is 2.67 bits per heavy atom. The lowest BCUT2D eigenvalue weighted by Gasteiger charge is -2.20. The molecule has 0 unspecified atom stereocenters. The molecule has 0 atom stereocenters. The first-order valence-electron chi connectivity index (χ1n) is 6.70. The van der Waals surface area contributed by atoms with E-state index >= 15 is 0 Å². The number of methoxy groups -OCH3 is 1. The summed E-state index contributed by atoms with van der Waals surface area (Å²) in [5.74, 6) is -0.924. The maximum atomic E-state index is 12.5. The van der Waals surface area contributed by atoms with E-state index in [-0.39, 0.29) is 24.0 Å². The minimum atomic E-state index is -0.524. The van der Waals surface area contributed by atoms with Crippen LogP contribution in [0.3, 0.4) is 0 Å². The highest BCUT2D eigenvalue weighted by Crippen LogP contribution is 2.38. The molecule has 21 heavy (non-hydrogen) atoms. The minimum Gasteiger partial charge on any atom is -0.468 e. The van der Waals surface area contributed by atoms with Crippen LogP contribution in [0.1, 0.15) is 36.3 Å².